The molecule has 1 amide bonds. The molecular formula is C21H13ClF6N2O2. The Kier molecular flexibility index (Phi) is 6.36. The molecule has 0 unspecified atom stereocenters. The fraction of sp³-hybridized carbons (Fsp3) is 0.143. The van der Waals surface area contributed by atoms with E-state index in [1.165, 1.54) is 30.5 Å². The van der Waals surface area contributed by atoms with E-state index in [4.69, 9.17) is 11.6 Å². The predicted molar refractivity (Wildman–Crippen MR) is 106 cm³/mol. The Morgan fingerprint density at radius 2 is 1.50 bits per heavy atom. The minimum Gasteiger partial charge on any atom is -0.320 e. The second-order valence-corrected chi connectivity index (χ2v) is 7.10. The molecule has 2 aromatic carbocycles. The Labute approximate surface area is 182 Å². The van der Waals surface area contributed by atoms with E-state index in [0.29, 0.717) is 11.6 Å². The van der Waals surface area contributed by atoms with E-state index >= 15 is 0 Å². The minimum atomic E-state index is -4.66. The molecule has 0 saturated heterocycles. The summed E-state index contributed by atoms with van der Waals surface area (Å²) < 4.78 is 77.8. The smallest absolute Gasteiger partial charge is 0.320 e. The largest absolute Gasteiger partial charge is 0.416 e. The number of alkyl halides is 6. The maximum atomic E-state index is 12.9. The molecule has 11 heteroatoms. The van der Waals surface area contributed by atoms with Gasteiger partial charge in [-0.15, -0.1) is 0 Å². The van der Waals surface area contributed by atoms with E-state index in [2.05, 4.69) is 5.32 Å². The van der Waals surface area contributed by atoms with Crippen LogP contribution in [0, 0.1) is 0 Å². The van der Waals surface area contributed by atoms with Crippen molar-refractivity contribution in [2.45, 2.75) is 18.9 Å². The first kappa shape index (κ1) is 23.4. The molecule has 0 aliphatic heterocycles. The van der Waals surface area contributed by atoms with Crippen LogP contribution < -0.4 is 10.9 Å². The van der Waals surface area contributed by atoms with Gasteiger partial charge in [0.05, 0.1) is 28.4 Å². The number of nitrogens with one attached hydrogen (secondary N) is 1. The standard InChI is InChI=1S/C21H13ClF6N2O2/c22-16-8-7-14(21(26,27)28)10-17(16)29-18(31)15-2-1-9-30(19(15)32)11-12-3-5-13(6-4-12)20(23,24)25/h1-10H,11H2,(H,29,31). The molecule has 0 aliphatic rings. The summed E-state index contributed by atoms with van der Waals surface area (Å²) >= 11 is 5.86. The van der Waals surface area contributed by atoms with Crippen molar-refractivity contribution in [3.05, 3.63) is 98.4 Å². The highest BCUT2D eigenvalue weighted by molar-refractivity contribution is 6.34. The number of carbonyl (C=O) groups excluding carboxylic acids is 1. The lowest BCUT2D eigenvalue weighted by molar-refractivity contribution is -0.138. The van der Waals surface area contributed by atoms with E-state index in [0.717, 1.165) is 28.8 Å². The van der Waals surface area contributed by atoms with E-state index < -0.39 is 34.9 Å². The molecule has 1 aromatic heterocycles. The molecule has 3 rings (SSSR count). The zero-order chi connectivity index (χ0) is 23.7. The van der Waals surface area contributed by atoms with Gasteiger partial charge >= 0.3 is 12.4 Å². The molecule has 0 fully saturated rings. The third-order valence-corrected chi connectivity index (χ3v) is 4.77. The lowest BCUT2D eigenvalue weighted by Crippen LogP contribution is -2.29. The van der Waals surface area contributed by atoms with E-state index in [1.54, 1.807) is 0 Å². The molecule has 0 bridgehead atoms. The van der Waals surface area contributed by atoms with E-state index in [-0.39, 0.29) is 22.8 Å². The third-order valence-electron chi connectivity index (χ3n) is 4.44. The molecule has 1 N–H and O–H groups in total. The molecule has 3 aromatic rings. The molecule has 4 nitrogen and oxygen atoms in total. The highest BCUT2D eigenvalue weighted by Crippen LogP contribution is 2.34. The Morgan fingerprint density at radius 3 is 2.09 bits per heavy atom. The van der Waals surface area contributed by atoms with Crippen LogP contribution in [0.3, 0.4) is 0 Å². The number of pyridine rings is 1. The summed E-state index contributed by atoms with van der Waals surface area (Å²) in [7, 11) is 0. The van der Waals surface area contributed by atoms with Crippen molar-refractivity contribution in [1.82, 2.24) is 4.57 Å². The van der Waals surface area contributed by atoms with Crippen LogP contribution in [0.1, 0.15) is 27.0 Å². The maximum absolute atomic E-state index is 12.9. The summed E-state index contributed by atoms with van der Waals surface area (Å²) in [6.07, 6.45) is -7.84. The number of hydrogen-bond donors (Lipinski definition) is 1. The highest BCUT2D eigenvalue weighted by Gasteiger charge is 2.31. The quantitative estimate of drug-likeness (QED) is 0.483. The third kappa shape index (κ3) is 5.31. The van der Waals surface area contributed by atoms with Crippen LogP contribution in [0.25, 0.3) is 0 Å². The average Bonchev–Trinajstić information content (AvgIpc) is 2.70. The molecular weight excluding hydrogens is 462 g/mol. The molecule has 1 heterocycles. The van der Waals surface area contributed by atoms with Crippen molar-refractivity contribution < 1.29 is 31.1 Å². The van der Waals surface area contributed by atoms with Crippen molar-refractivity contribution in [3.63, 3.8) is 0 Å². The highest BCUT2D eigenvalue weighted by atomic mass is 35.5. The number of aromatic nitrogens is 1. The first-order valence-electron chi connectivity index (χ1n) is 8.90. The van der Waals surface area contributed by atoms with Crippen LogP contribution in [-0.4, -0.2) is 10.5 Å². The number of hydrogen-bond acceptors (Lipinski definition) is 2. The molecule has 0 spiro atoms. The zero-order valence-electron chi connectivity index (χ0n) is 15.9. The summed E-state index contributed by atoms with van der Waals surface area (Å²) in [6, 6.07) is 9.01. The summed E-state index contributed by atoms with van der Waals surface area (Å²) in [4.78, 5) is 25.2. The topological polar surface area (TPSA) is 51.1 Å². The maximum Gasteiger partial charge on any atom is 0.416 e. The van der Waals surface area contributed by atoms with Crippen molar-refractivity contribution in [2.75, 3.05) is 5.32 Å². The fourth-order valence-corrected chi connectivity index (χ4v) is 2.98. The minimum absolute atomic E-state index is 0.123. The second-order valence-electron chi connectivity index (χ2n) is 6.70. The van der Waals surface area contributed by atoms with E-state index in [9.17, 15) is 35.9 Å². The molecule has 168 valence electrons. The summed E-state index contributed by atoms with van der Waals surface area (Å²) in [5.41, 5.74) is -3.01. The molecule has 32 heavy (non-hydrogen) atoms. The van der Waals surface area contributed by atoms with Crippen LogP contribution in [0.15, 0.2) is 65.6 Å². The first-order valence-corrected chi connectivity index (χ1v) is 9.28. The molecule has 0 saturated carbocycles. The molecule has 0 aliphatic carbocycles. The van der Waals surface area contributed by atoms with Gasteiger partial charge in [0, 0.05) is 6.20 Å². The normalized spacial score (nSPS) is 12.0. The van der Waals surface area contributed by atoms with Gasteiger partial charge in [-0.05, 0) is 48.0 Å². The first-order chi connectivity index (χ1) is 14.9. The molecule has 0 atom stereocenters. The zero-order valence-corrected chi connectivity index (χ0v) is 16.6. The van der Waals surface area contributed by atoms with Crippen LogP contribution in [0.5, 0.6) is 0 Å². The Bertz CT molecular complexity index is 1200. The predicted octanol–water partition coefficient (Wildman–Crippen LogP) is 5.84. The van der Waals surface area contributed by atoms with Gasteiger partial charge in [-0.3, -0.25) is 9.59 Å². The second kappa shape index (κ2) is 8.70. The fourth-order valence-electron chi connectivity index (χ4n) is 2.82. The van der Waals surface area contributed by atoms with Gasteiger partial charge in [-0.25, -0.2) is 0 Å². The van der Waals surface area contributed by atoms with Crippen LogP contribution in [-0.2, 0) is 18.9 Å². The van der Waals surface area contributed by atoms with Crippen molar-refractivity contribution >= 4 is 23.2 Å². The Hall–Kier alpha value is -3.27. The van der Waals surface area contributed by atoms with Gasteiger partial charge in [0.1, 0.15) is 5.56 Å². The number of carbonyl (C=O) groups is 1. The van der Waals surface area contributed by atoms with Gasteiger partial charge in [-0.2, -0.15) is 26.3 Å². The SMILES string of the molecule is O=C(Nc1cc(C(F)(F)F)ccc1Cl)c1cccn(Cc2ccc(C(F)(F)F)cc2)c1=O. The number of anilines is 1. The molecule has 0 radical (unpaired) electrons. The van der Waals surface area contributed by atoms with Gasteiger partial charge in [0.15, 0.2) is 0 Å². The lowest BCUT2D eigenvalue weighted by Gasteiger charge is -2.12. The van der Waals surface area contributed by atoms with Crippen molar-refractivity contribution in [2.24, 2.45) is 0 Å². The summed E-state index contributed by atoms with van der Waals surface area (Å²) in [5.74, 6) is -0.988. The van der Waals surface area contributed by atoms with E-state index in [1.807, 2.05) is 0 Å². The monoisotopic (exact) mass is 474 g/mol. The van der Waals surface area contributed by atoms with Crippen LogP contribution in [0.2, 0.25) is 5.02 Å². The van der Waals surface area contributed by atoms with Gasteiger partial charge in [0.2, 0.25) is 0 Å². The van der Waals surface area contributed by atoms with Crippen LogP contribution in [0.4, 0.5) is 32.0 Å². The van der Waals surface area contributed by atoms with Crippen molar-refractivity contribution in [3.8, 4) is 0 Å². The summed E-state index contributed by atoms with van der Waals surface area (Å²) in [5, 5.41) is 2.03. The Morgan fingerprint density at radius 1 is 0.906 bits per heavy atom. The lowest BCUT2D eigenvalue weighted by atomic mass is 10.1. The van der Waals surface area contributed by atoms with Gasteiger partial charge in [-0.1, -0.05) is 23.7 Å². The summed E-state index contributed by atoms with van der Waals surface area (Å²) in [6.45, 7) is -0.123. The van der Waals surface area contributed by atoms with Crippen molar-refractivity contribution in [1.29, 1.82) is 0 Å². The Balaban J connectivity index is 1.84. The average molecular weight is 475 g/mol. The van der Waals surface area contributed by atoms with Gasteiger partial charge < -0.3 is 9.88 Å². The number of benzene rings is 2. The number of rotatable bonds is 4. The van der Waals surface area contributed by atoms with Crippen LogP contribution >= 0.6 is 11.6 Å². The number of amides is 1. The van der Waals surface area contributed by atoms with Gasteiger partial charge in [0.25, 0.3) is 11.5 Å². The number of halogens is 7. The number of nitrogens with zero attached hydrogens (tertiary/aromatic N) is 1.